The second kappa shape index (κ2) is 3.17. The Labute approximate surface area is 40.4 Å². The number of rotatable bonds is 1. The summed E-state index contributed by atoms with van der Waals surface area (Å²) in [6.45, 7) is 3.05. The minimum absolute atomic E-state index is 0.908. The number of hydrogen-bond donors (Lipinski definition) is 2. The smallest absolute Gasteiger partial charge is 0.417 e. The molecule has 0 bridgehead atoms. The molecule has 0 spiro atoms. The molecule has 0 saturated carbocycles. The number of amides is 1. The number of carbonyl (C=O) groups excluding carboxylic acids is 1. The van der Waals surface area contributed by atoms with Crippen LogP contribution in [-0.4, -0.2) is 11.3 Å². The monoisotopic (exact) mass is 103 g/mol. The van der Waals surface area contributed by atoms with Gasteiger partial charge >= 0.3 is 6.09 Å². The fraction of sp³-hybridized carbons (Fsp3) is 0. The van der Waals surface area contributed by atoms with E-state index in [1.165, 1.54) is 5.48 Å². The first-order valence-corrected chi connectivity index (χ1v) is 1.53. The second-order valence-electron chi connectivity index (χ2n) is 0.684. The van der Waals surface area contributed by atoms with Crippen LogP contribution in [0.3, 0.4) is 0 Å². The van der Waals surface area contributed by atoms with Crippen LogP contribution in [0, 0.1) is 0 Å². The zero-order valence-corrected chi connectivity index (χ0v) is 3.55. The Hall–Kier alpha value is -1.03. The molecule has 40 valence electrons. The minimum atomic E-state index is -0.935. The molecule has 4 nitrogen and oxygen atoms in total. The predicted octanol–water partition coefficient (Wildman–Crippen LogP) is 0.245. The Kier molecular flexibility index (Phi) is 2.70. The Morgan fingerprint density at radius 1 is 2.00 bits per heavy atom. The van der Waals surface area contributed by atoms with Crippen molar-refractivity contribution in [2.45, 2.75) is 0 Å². The molecule has 0 aliphatic carbocycles. The molecule has 0 aromatic heterocycles. The molecule has 0 radical (unpaired) electrons. The summed E-state index contributed by atoms with van der Waals surface area (Å²) in [5.74, 6) is 0. The lowest BCUT2D eigenvalue weighted by Crippen LogP contribution is -2.17. The average molecular weight is 103 g/mol. The Morgan fingerprint density at radius 2 is 2.57 bits per heavy atom. The summed E-state index contributed by atoms with van der Waals surface area (Å²) >= 11 is 0. The van der Waals surface area contributed by atoms with E-state index in [1.54, 1.807) is 0 Å². The van der Waals surface area contributed by atoms with Gasteiger partial charge in [-0.25, -0.2) is 10.3 Å². The molecule has 0 unspecified atom stereocenters. The van der Waals surface area contributed by atoms with Crippen molar-refractivity contribution in [1.82, 2.24) is 5.48 Å². The third kappa shape index (κ3) is 2.78. The quantitative estimate of drug-likeness (QED) is 0.284. The van der Waals surface area contributed by atoms with E-state index in [0.717, 1.165) is 6.26 Å². The normalized spacial score (nSPS) is 7.00. The molecule has 0 aliphatic heterocycles. The Bertz CT molecular complexity index is 80.2. The van der Waals surface area contributed by atoms with Crippen molar-refractivity contribution in [3.8, 4) is 0 Å². The summed E-state index contributed by atoms with van der Waals surface area (Å²) in [4.78, 5) is 9.76. The van der Waals surface area contributed by atoms with Crippen molar-refractivity contribution in [3.63, 3.8) is 0 Å². The summed E-state index contributed by atoms with van der Waals surface area (Å²) in [7, 11) is 0. The summed E-state index contributed by atoms with van der Waals surface area (Å²) in [5, 5.41) is 7.69. The van der Waals surface area contributed by atoms with Gasteiger partial charge in [0.2, 0.25) is 0 Å². The van der Waals surface area contributed by atoms with E-state index in [2.05, 4.69) is 11.3 Å². The van der Waals surface area contributed by atoms with Gasteiger partial charge in [-0.1, -0.05) is 6.58 Å². The largest absolute Gasteiger partial charge is 0.435 e. The summed E-state index contributed by atoms with van der Waals surface area (Å²) in [6.07, 6.45) is -0.0269. The second-order valence-corrected chi connectivity index (χ2v) is 0.684. The van der Waals surface area contributed by atoms with Gasteiger partial charge in [0.1, 0.15) is 0 Å². The van der Waals surface area contributed by atoms with Crippen molar-refractivity contribution < 1.29 is 14.7 Å². The van der Waals surface area contributed by atoms with Gasteiger partial charge < -0.3 is 4.74 Å². The molecule has 2 N–H and O–H groups in total. The number of hydrogen-bond acceptors (Lipinski definition) is 3. The molecule has 0 saturated heterocycles. The minimum Gasteiger partial charge on any atom is -0.417 e. The van der Waals surface area contributed by atoms with E-state index in [1.807, 2.05) is 0 Å². The van der Waals surface area contributed by atoms with E-state index >= 15 is 0 Å². The zero-order chi connectivity index (χ0) is 5.70. The van der Waals surface area contributed by atoms with Gasteiger partial charge in [0.15, 0.2) is 0 Å². The zero-order valence-electron chi connectivity index (χ0n) is 3.55. The highest BCUT2D eigenvalue weighted by Gasteiger charge is 1.89. The van der Waals surface area contributed by atoms with Crippen LogP contribution in [-0.2, 0) is 4.74 Å². The maximum absolute atomic E-state index is 9.76. The van der Waals surface area contributed by atoms with Crippen LogP contribution in [0.1, 0.15) is 0 Å². The van der Waals surface area contributed by atoms with Gasteiger partial charge in [0.25, 0.3) is 0 Å². The fourth-order valence-electron chi connectivity index (χ4n) is 0.102. The molecule has 0 heterocycles. The van der Waals surface area contributed by atoms with Gasteiger partial charge in [0.05, 0.1) is 6.26 Å². The van der Waals surface area contributed by atoms with Gasteiger partial charge in [-0.2, -0.15) is 0 Å². The average Bonchev–Trinajstić information content (AvgIpc) is 1.68. The number of hydroxylamine groups is 1. The van der Waals surface area contributed by atoms with E-state index in [0.29, 0.717) is 0 Å². The Morgan fingerprint density at radius 3 is 2.71 bits per heavy atom. The first-order chi connectivity index (χ1) is 3.31. The molecule has 0 fully saturated rings. The summed E-state index contributed by atoms with van der Waals surface area (Å²) in [6, 6.07) is 0. The lowest BCUT2D eigenvalue weighted by atomic mass is 11.1. The molecule has 0 aromatic carbocycles. The molecule has 0 aliphatic rings. The van der Waals surface area contributed by atoms with Crippen molar-refractivity contribution in [3.05, 3.63) is 12.8 Å². The van der Waals surface area contributed by atoms with Crippen LogP contribution < -0.4 is 5.48 Å². The molecule has 0 atom stereocenters. The van der Waals surface area contributed by atoms with Crippen molar-refractivity contribution >= 4 is 6.09 Å². The predicted molar refractivity (Wildman–Crippen MR) is 21.6 cm³/mol. The van der Waals surface area contributed by atoms with Crippen molar-refractivity contribution in [1.29, 1.82) is 0 Å². The first-order valence-electron chi connectivity index (χ1n) is 1.53. The number of carbonyl (C=O) groups is 1. The molecule has 0 rings (SSSR count). The highest BCUT2D eigenvalue weighted by Crippen LogP contribution is 1.71. The fourth-order valence-corrected chi connectivity index (χ4v) is 0.102. The Balaban J connectivity index is 3.17. The van der Waals surface area contributed by atoms with Crippen LogP contribution in [0.4, 0.5) is 4.79 Å². The SMILES string of the molecule is C=COC(=O)NO. The van der Waals surface area contributed by atoms with Gasteiger partial charge in [-0.15, -0.1) is 0 Å². The van der Waals surface area contributed by atoms with Gasteiger partial charge in [0, 0.05) is 0 Å². The maximum Gasteiger partial charge on any atom is 0.435 e. The standard InChI is InChI=1S/C3H5NO3/c1-2-7-3(5)4-6/h2,6H,1H2,(H,4,5). The maximum atomic E-state index is 9.76. The van der Waals surface area contributed by atoms with E-state index in [-0.39, 0.29) is 0 Å². The van der Waals surface area contributed by atoms with E-state index in [4.69, 9.17) is 5.21 Å². The molecule has 4 heteroatoms. The van der Waals surface area contributed by atoms with Gasteiger partial charge in [-0.05, 0) is 0 Å². The van der Waals surface area contributed by atoms with Crippen LogP contribution in [0.5, 0.6) is 0 Å². The van der Waals surface area contributed by atoms with E-state index in [9.17, 15) is 4.79 Å². The summed E-state index contributed by atoms with van der Waals surface area (Å²) in [5.41, 5.74) is 1.23. The van der Waals surface area contributed by atoms with Crippen molar-refractivity contribution in [2.75, 3.05) is 0 Å². The molecule has 0 aromatic rings. The first kappa shape index (κ1) is 5.97. The van der Waals surface area contributed by atoms with Crippen molar-refractivity contribution in [2.24, 2.45) is 0 Å². The van der Waals surface area contributed by atoms with Gasteiger partial charge in [-0.3, -0.25) is 5.21 Å². The molecule has 1 amide bonds. The lowest BCUT2D eigenvalue weighted by Gasteiger charge is -1.90. The number of ether oxygens (including phenoxy) is 1. The molecular weight excluding hydrogens is 98.0 g/mol. The van der Waals surface area contributed by atoms with E-state index < -0.39 is 6.09 Å². The third-order valence-corrected chi connectivity index (χ3v) is 0.282. The van der Waals surface area contributed by atoms with Crippen LogP contribution >= 0.6 is 0 Å². The topological polar surface area (TPSA) is 58.6 Å². The number of nitrogens with one attached hydrogen (secondary N) is 1. The van der Waals surface area contributed by atoms with Crippen LogP contribution in [0.2, 0.25) is 0 Å². The van der Waals surface area contributed by atoms with Crippen LogP contribution in [0.15, 0.2) is 12.8 Å². The van der Waals surface area contributed by atoms with Crippen LogP contribution in [0.25, 0.3) is 0 Å². The lowest BCUT2D eigenvalue weighted by molar-refractivity contribution is 0.116. The highest BCUT2D eigenvalue weighted by atomic mass is 16.6. The molecule has 7 heavy (non-hydrogen) atoms. The molecular formula is C3H5NO3. The third-order valence-electron chi connectivity index (χ3n) is 0.282. The highest BCUT2D eigenvalue weighted by molar-refractivity contribution is 5.66. The summed E-state index contributed by atoms with van der Waals surface area (Å²) < 4.78 is 3.95.